The van der Waals surface area contributed by atoms with Gasteiger partial charge in [-0.15, -0.1) is 0 Å². The Labute approximate surface area is 40.8 Å². The van der Waals surface area contributed by atoms with E-state index in [1.54, 1.807) is 12.2 Å². The van der Waals surface area contributed by atoms with Gasteiger partial charge in [0.05, 0.1) is 0 Å². The third kappa shape index (κ3) is 1.22. The first-order chi connectivity index (χ1) is 3.29. The SMILES string of the molecule is O=C(O)C=C1C=C1. The van der Waals surface area contributed by atoms with Crippen molar-refractivity contribution in [3.8, 4) is 0 Å². The number of aliphatic carboxylic acids is 1. The lowest BCUT2D eigenvalue weighted by Gasteiger charge is -1.70. The number of carboxylic acids is 1. The maximum atomic E-state index is 9.73. The molecule has 0 aromatic carbocycles. The molecule has 2 heteroatoms. The van der Waals surface area contributed by atoms with Gasteiger partial charge in [0.25, 0.3) is 0 Å². The highest BCUT2D eigenvalue weighted by atomic mass is 16.4. The number of allylic oxidation sites excluding steroid dienone is 3. The van der Waals surface area contributed by atoms with Crippen LogP contribution in [0.25, 0.3) is 0 Å². The molecule has 2 nitrogen and oxygen atoms in total. The second-order valence-electron chi connectivity index (χ2n) is 1.32. The number of carbonyl (C=O) groups is 1. The van der Waals surface area contributed by atoms with Crippen LogP contribution in [-0.4, -0.2) is 11.1 Å². The van der Waals surface area contributed by atoms with Crippen molar-refractivity contribution in [2.75, 3.05) is 0 Å². The highest BCUT2D eigenvalue weighted by Crippen LogP contribution is 2.12. The lowest BCUT2D eigenvalue weighted by atomic mass is 10.5. The van der Waals surface area contributed by atoms with Gasteiger partial charge in [-0.2, -0.15) is 0 Å². The Morgan fingerprint density at radius 3 is 2.43 bits per heavy atom. The van der Waals surface area contributed by atoms with Crippen LogP contribution in [-0.2, 0) is 4.79 Å². The van der Waals surface area contributed by atoms with Crippen molar-refractivity contribution in [1.82, 2.24) is 0 Å². The van der Waals surface area contributed by atoms with Crippen LogP contribution in [0.3, 0.4) is 0 Å². The van der Waals surface area contributed by atoms with Gasteiger partial charge in [-0.25, -0.2) is 4.79 Å². The van der Waals surface area contributed by atoms with Gasteiger partial charge in [0, 0.05) is 6.08 Å². The monoisotopic (exact) mass is 96.0 g/mol. The lowest BCUT2D eigenvalue weighted by molar-refractivity contribution is -0.131. The predicted molar refractivity (Wildman–Crippen MR) is 24.9 cm³/mol. The van der Waals surface area contributed by atoms with E-state index in [-0.39, 0.29) is 0 Å². The molecular formula is C5H4O2. The van der Waals surface area contributed by atoms with E-state index in [2.05, 4.69) is 0 Å². The summed E-state index contributed by atoms with van der Waals surface area (Å²) in [5, 5.41) is 8.01. The Balaban J connectivity index is 2.48. The van der Waals surface area contributed by atoms with Crippen molar-refractivity contribution in [2.24, 2.45) is 0 Å². The molecule has 0 aromatic rings. The van der Waals surface area contributed by atoms with E-state index >= 15 is 0 Å². The second kappa shape index (κ2) is 1.22. The molecule has 0 radical (unpaired) electrons. The van der Waals surface area contributed by atoms with E-state index in [9.17, 15) is 4.79 Å². The normalized spacial score (nSPS) is 14.0. The first-order valence-corrected chi connectivity index (χ1v) is 1.92. The van der Waals surface area contributed by atoms with E-state index in [1.165, 1.54) is 6.08 Å². The molecule has 0 amide bonds. The van der Waals surface area contributed by atoms with Gasteiger partial charge < -0.3 is 5.11 Å². The summed E-state index contributed by atoms with van der Waals surface area (Å²) in [6.07, 6.45) is 4.65. The van der Waals surface area contributed by atoms with Crippen molar-refractivity contribution in [3.05, 3.63) is 23.8 Å². The molecule has 0 saturated heterocycles. The Bertz CT molecular complexity index is 145. The van der Waals surface area contributed by atoms with Crippen LogP contribution < -0.4 is 0 Å². The minimum atomic E-state index is -0.875. The topological polar surface area (TPSA) is 37.3 Å². The van der Waals surface area contributed by atoms with Crippen molar-refractivity contribution in [2.45, 2.75) is 0 Å². The molecule has 1 aliphatic carbocycles. The smallest absolute Gasteiger partial charge is 0.328 e. The fourth-order valence-corrected chi connectivity index (χ4v) is 0.287. The molecule has 1 N–H and O–H groups in total. The molecule has 0 aliphatic heterocycles. The zero-order chi connectivity index (χ0) is 5.28. The first-order valence-electron chi connectivity index (χ1n) is 1.92. The van der Waals surface area contributed by atoms with Crippen molar-refractivity contribution < 1.29 is 9.90 Å². The van der Waals surface area contributed by atoms with Crippen LogP contribution in [0.2, 0.25) is 0 Å². The molecule has 0 unspecified atom stereocenters. The molecule has 0 heterocycles. The van der Waals surface area contributed by atoms with Gasteiger partial charge in [-0.05, 0) is 5.57 Å². The van der Waals surface area contributed by atoms with E-state index in [1.807, 2.05) is 0 Å². The molecule has 1 rings (SSSR count). The van der Waals surface area contributed by atoms with Crippen LogP contribution in [0, 0.1) is 0 Å². The molecule has 0 saturated carbocycles. The van der Waals surface area contributed by atoms with Crippen molar-refractivity contribution in [3.63, 3.8) is 0 Å². The standard InChI is InChI=1S/C5H4O2/c6-5(7)3-4-1-2-4/h1-3H,(H,6,7). The van der Waals surface area contributed by atoms with Crippen LogP contribution in [0.1, 0.15) is 0 Å². The van der Waals surface area contributed by atoms with Crippen LogP contribution in [0.15, 0.2) is 23.8 Å². The van der Waals surface area contributed by atoms with Crippen LogP contribution >= 0.6 is 0 Å². The third-order valence-corrected chi connectivity index (χ3v) is 0.649. The summed E-state index contributed by atoms with van der Waals surface area (Å²) in [6.45, 7) is 0. The molecule has 0 atom stereocenters. The van der Waals surface area contributed by atoms with Gasteiger partial charge >= 0.3 is 5.97 Å². The number of carboxylic acid groups (broad SMARTS) is 1. The highest BCUT2D eigenvalue weighted by Gasteiger charge is 1.99. The van der Waals surface area contributed by atoms with E-state index in [0.717, 1.165) is 5.57 Å². The van der Waals surface area contributed by atoms with Crippen LogP contribution in [0.5, 0.6) is 0 Å². The number of rotatable bonds is 1. The summed E-state index contributed by atoms with van der Waals surface area (Å²) >= 11 is 0. The van der Waals surface area contributed by atoms with Gasteiger partial charge in [-0.1, -0.05) is 12.2 Å². The summed E-state index contributed by atoms with van der Waals surface area (Å²) in [4.78, 5) is 9.73. The fraction of sp³-hybridized carbons (Fsp3) is 0. The average Bonchev–Trinajstić information content (AvgIpc) is 2.17. The molecule has 0 bridgehead atoms. The second-order valence-corrected chi connectivity index (χ2v) is 1.32. The number of hydrogen-bond donors (Lipinski definition) is 1. The van der Waals surface area contributed by atoms with Gasteiger partial charge in [0.2, 0.25) is 0 Å². The van der Waals surface area contributed by atoms with Gasteiger partial charge in [0.1, 0.15) is 0 Å². The lowest BCUT2D eigenvalue weighted by Crippen LogP contribution is -1.84. The first kappa shape index (κ1) is 4.12. The summed E-state index contributed by atoms with van der Waals surface area (Å²) < 4.78 is 0. The summed E-state index contributed by atoms with van der Waals surface area (Å²) in [7, 11) is 0. The van der Waals surface area contributed by atoms with E-state index in [4.69, 9.17) is 5.11 Å². The highest BCUT2D eigenvalue weighted by molar-refractivity contribution is 5.83. The quantitative estimate of drug-likeness (QED) is 0.484. The molecule has 0 aromatic heterocycles. The largest absolute Gasteiger partial charge is 0.478 e. The van der Waals surface area contributed by atoms with E-state index in [0.29, 0.717) is 0 Å². The molecule has 7 heavy (non-hydrogen) atoms. The van der Waals surface area contributed by atoms with Gasteiger partial charge in [0.15, 0.2) is 0 Å². The minimum Gasteiger partial charge on any atom is -0.478 e. The van der Waals surface area contributed by atoms with Crippen molar-refractivity contribution >= 4 is 5.97 Å². The maximum Gasteiger partial charge on any atom is 0.328 e. The molecule has 0 spiro atoms. The zero-order valence-corrected chi connectivity index (χ0v) is 3.59. The Kier molecular flexibility index (Phi) is 0.719. The summed E-state index contributed by atoms with van der Waals surface area (Å²) in [6, 6.07) is 0. The van der Waals surface area contributed by atoms with Gasteiger partial charge in [-0.3, -0.25) is 0 Å². The maximum absolute atomic E-state index is 9.73. The Morgan fingerprint density at radius 2 is 2.29 bits per heavy atom. The van der Waals surface area contributed by atoms with E-state index < -0.39 is 5.97 Å². The molecular weight excluding hydrogens is 92.1 g/mol. The van der Waals surface area contributed by atoms with Crippen LogP contribution in [0.4, 0.5) is 0 Å². The fourth-order valence-electron chi connectivity index (χ4n) is 0.287. The molecule has 0 fully saturated rings. The molecule has 1 aliphatic rings. The Hall–Kier alpha value is -1.05. The zero-order valence-electron chi connectivity index (χ0n) is 3.59. The summed E-state index contributed by atoms with van der Waals surface area (Å²) in [5.74, 6) is -0.875. The van der Waals surface area contributed by atoms with Crippen molar-refractivity contribution in [1.29, 1.82) is 0 Å². The minimum absolute atomic E-state index is 0.813. The summed E-state index contributed by atoms with van der Waals surface area (Å²) in [5.41, 5.74) is 0.813. The third-order valence-electron chi connectivity index (χ3n) is 0.649. The Morgan fingerprint density at radius 1 is 1.71 bits per heavy atom. The predicted octanol–water partition coefficient (Wildman–Crippen LogP) is 0.567. The molecule has 36 valence electrons. The number of hydrogen-bond acceptors (Lipinski definition) is 1. The average molecular weight is 96.1 g/mol.